The number of benzene rings is 3. The molecule has 0 bridgehead atoms. The van der Waals surface area contributed by atoms with Crippen molar-refractivity contribution in [1.82, 2.24) is 15.6 Å². The number of methoxy groups -OCH3 is 1. The Hall–Kier alpha value is -5.25. The summed E-state index contributed by atoms with van der Waals surface area (Å²) in [7, 11) is 1.55. The number of amides is 3. The first-order valence-electron chi connectivity index (χ1n) is 12.8. The monoisotopic (exact) mass is 556 g/mol. The smallest absolute Gasteiger partial charge is 0.410 e. The van der Waals surface area contributed by atoms with Crippen molar-refractivity contribution in [2.75, 3.05) is 12.4 Å². The van der Waals surface area contributed by atoms with Gasteiger partial charge in [-0.2, -0.15) is 0 Å². The number of carbonyl (C=O) groups is 3. The third-order valence-corrected chi connectivity index (χ3v) is 6.33. The molecule has 1 heterocycles. The summed E-state index contributed by atoms with van der Waals surface area (Å²) in [6.45, 7) is 0.128. The van der Waals surface area contributed by atoms with E-state index in [-0.39, 0.29) is 24.6 Å². The van der Waals surface area contributed by atoms with Crippen LogP contribution in [0.5, 0.6) is 5.75 Å². The summed E-state index contributed by atoms with van der Waals surface area (Å²) in [5.74, 6) is -1.26. The van der Waals surface area contributed by atoms with Gasteiger partial charge in [-0.15, -0.1) is 0 Å². The molecule has 4 aromatic rings. The summed E-state index contributed by atoms with van der Waals surface area (Å²) in [6.07, 6.45) is 0.273. The van der Waals surface area contributed by atoms with Crippen molar-refractivity contribution in [3.8, 4) is 5.75 Å². The van der Waals surface area contributed by atoms with E-state index in [9.17, 15) is 18.8 Å². The highest BCUT2D eigenvalue weighted by Crippen LogP contribution is 2.28. The maximum absolute atomic E-state index is 13.9. The van der Waals surface area contributed by atoms with Crippen LogP contribution in [0.4, 0.5) is 15.0 Å². The largest absolute Gasteiger partial charge is 0.497 e. The van der Waals surface area contributed by atoms with Gasteiger partial charge in [-0.3, -0.25) is 14.9 Å². The maximum Gasteiger partial charge on any atom is 0.410 e. The van der Waals surface area contributed by atoms with Gasteiger partial charge in [0.1, 0.15) is 23.4 Å². The van der Waals surface area contributed by atoms with Crippen molar-refractivity contribution in [1.29, 1.82) is 0 Å². The molecule has 0 radical (unpaired) electrons. The molecule has 0 aliphatic rings. The molecule has 2 atom stereocenters. The Morgan fingerprint density at radius 3 is 2.24 bits per heavy atom. The highest BCUT2D eigenvalue weighted by Gasteiger charge is 2.28. The van der Waals surface area contributed by atoms with Crippen LogP contribution >= 0.6 is 0 Å². The second-order valence-corrected chi connectivity index (χ2v) is 9.21. The molecule has 0 spiro atoms. The van der Waals surface area contributed by atoms with Crippen LogP contribution in [0.1, 0.15) is 28.2 Å². The van der Waals surface area contributed by atoms with E-state index in [0.29, 0.717) is 22.4 Å². The number of ether oxygens (including phenoxy) is 1. The molecule has 9 nitrogen and oxygen atoms in total. The molecule has 3 aromatic carbocycles. The van der Waals surface area contributed by atoms with E-state index in [1.807, 2.05) is 36.4 Å². The Kier molecular flexibility index (Phi) is 9.61. The molecule has 4 N–H and O–H groups in total. The summed E-state index contributed by atoms with van der Waals surface area (Å²) in [6, 6.07) is 24.2. The lowest BCUT2D eigenvalue weighted by Gasteiger charge is -2.23. The van der Waals surface area contributed by atoms with Crippen LogP contribution in [0.25, 0.3) is 0 Å². The van der Waals surface area contributed by atoms with Gasteiger partial charge < -0.3 is 20.5 Å². The Morgan fingerprint density at radius 1 is 0.878 bits per heavy atom. The first kappa shape index (κ1) is 28.8. The lowest BCUT2D eigenvalue weighted by molar-refractivity contribution is -0.129. The number of hydrogen-bond acceptors (Lipinski definition) is 5. The van der Waals surface area contributed by atoms with Gasteiger partial charge in [-0.25, -0.2) is 14.2 Å². The second-order valence-electron chi connectivity index (χ2n) is 9.21. The van der Waals surface area contributed by atoms with Gasteiger partial charge in [0.05, 0.1) is 13.0 Å². The number of anilines is 1. The number of aromatic nitrogens is 1. The Labute approximate surface area is 236 Å². The number of hydrogen-bond donors (Lipinski definition) is 4. The van der Waals surface area contributed by atoms with Gasteiger partial charge >= 0.3 is 6.09 Å². The molecule has 41 heavy (non-hydrogen) atoms. The highest BCUT2D eigenvalue weighted by molar-refractivity contribution is 5.92. The molecule has 0 aliphatic heterocycles. The second kappa shape index (κ2) is 13.7. The lowest BCUT2D eigenvalue weighted by atomic mass is 9.90. The van der Waals surface area contributed by atoms with Crippen LogP contribution in [0.3, 0.4) is 0 Å². The molecule has 4 rings (SSSR count). The number of carbonyl (C=O) groups excluding carboxylic acids is 2. The van der Waals surface area contributed by atoms with Crippen molar-refractivity contribution >= 4 is 23.7 Å². The third-order valence-electron chi connectivity index (χ3n) is 6.33. The SMILES string of the molecule is COc1cccc(C(C(=O)NC(Cc2ccc(NC(=O)O)nc2)C(=O)NCc2ccc(F)cc2)c2ccccc2)c1. The fourth-order valence-electron chi connectivity index (χ4n) is 4.31. The average Bonchev–Trinajstić information content (AvgIpc) is 2.98. The summed E-state index contributed by atoms with van der Waals surface area (Å²) in [5, 5.41) is 16.8. The highest BCUT2D eigenvalue weighted by atomic mass is 19.1. The fraction of sp³-hybridized carbons (Fsp3) is 0.161. The molecule has 210 valence electrons. The Morgan fingerprint density at radius 2 is 1.59 bits per heavy atom. The molecule has 1 aromatic heterocycles. The van der Waals surface area contributed by atoms with Gasteiger partial charge in [-0.1, -0.05) is 60.7 Å². The number of halogens is 1. The van der Waals surface area contributed by atoms with E-state index in [1.165, 1.54) is 24.4 Å². The van der Waals surface area contributed by atoms with E-state index in [1.54, 1.807) is 43.5 Å². The van der Waals surface area contributed by atoms with E-state index >= 15 is 0 Å². The van der Waals surface area contributed by atoms with Crippen LogP contribution in [0, 0.1) is 5.82 Å². The number of pyridine rings is 1. The maximum atomic E-state index is 13.9. The van der Waals surface area contributed by atoms with Gasteiger partial charge in [0.25, 0.3) is 0 Å². The molecule has 3 amide bonds. The van der Waals surface area contributed by atoms with Crippen LogP contribution in [0.2, 0.25) is 0 Å². The Balaban J connectivity index is 1.60. The van der Waals surface area contributed by atoms with Gasteiger partial charge in [0.15, 0.2) is 0 Å². The molecule has 10 heteroatoms. The van der Waals surface area contributed by atoms with E-state index in [2.05, 4.69) is 20.9 Å². The number of nitrogens with zero attached hydrogens (tertiary/aromatic N) is 1. The molecule has 0 aliphatic carbocycles. The zero-order valence-electron chi connectivity index (χ0n) is 22.2. The minimum Gasteiger partial charge on any atom is -0.497 e. The van der Waals surface area contributed by atoms with Crippen molar-refractivity contribution in [2.24, 2.45) is 0 Å². The normalized spacial score (nSPS) is 12.0. The van der Waals surface area contributed by atoms with Crippen molar-refractivity contribution < 1.29 is 28.6 Å². The van der Waals surface area contributed by atoms with Gasteiger partial charge in [0, 0.05) is 19.2 Å². The molecule has 0 saturated carbocycles. The standard InChI is InChI=1S/C31H29FN4O5/c1-41-25-9-5-8-23(17-25)28(22-6-3-2-4-7-22)30(38)35-26(16-21-12-15-27(33-19-21)36-31(39)40)29(37)34-18-20-10-13-24(32)14-11-20/h2-15,17,19,26,28H,16,18H2,1H3,(H,33,36)(H,34,37)(H,35,38)(H,39,40). The van der Waals surface area contributed by atoms with Crippen LogP contribution in [0.15, 0.2) is 97.2 Å². The first-order chi connectivity index (χ1) is 19.8. The summed E-state index contributed by atoms with van der Waals surface area (Å²) < 4.78 is 18.7. The predicted octanol–water partition coefficient (Wildman–Crippen LogP) is 4.50. The fourth-order valence-corrected chi connectivity index (χ4v) is 4.31. The molecular formula is C31H29FN4O5. The van der Waals surface area contributed by atoms with Crippen LogP contribution in [-0.4, -0.2) is 41.1 Å². The zero-order chi connectivity index (χ0) is 29.2. The minimum absolute atomic E-state index is 0.0843. The zero-order valence-corrected chi connectivity index (χ0v) is 22.2. The average molecular weight is 557 g/mol. The number of nitrogens with one attached hydrogen (secondary N) is 3. The summed E-state index contributed by atoms with van der Waals surface area (Å²) >= 11 is 0. The predicted molar refractivity (Wildman–Crippen MR) is 151 cm³/mol. The molecule has 0 fully saturated rings. The molecule has 0 saturated heterocycles. The van der Waals surface area contributed by atoms with Crippen molar-refractivity contribution in [2.45, 2.75) is 24.9 Å². The van der Waals surface area contributed by atoms with E-state index in [4.69, 9.17) is 9.84 Å². The summed E-state index contributed by atoms with van der Waals surface area (Å²) in [4.78, 5) is 42.3. The summed E-state index contributed by atoms with van der Waals surface area (Å²) in [5.41, 5.74) is 2.70. The van der Waals surface area contributed by atoms with E-state index < -0.39 is 29.9 Å². The van der Waals surface area contributed by atoms with Crippen LogP contribution < -0.4 is 20.7 Å². The topological polar surface area (TPSA) is 130 Å². The third kappa shape index (κ3) is 8.12. The first-order valence-corrected chi connectivity index (χ1v) is 12.8. The minimum atomic E-state index is -1.25. The van der Waals surface area contributed by atoms with Gasteiger partial charge in [-0.05, 0) is 52.6 Å². The van der Waals surface area contributed by atoms with Gasteiger partial charge in [0.2, 0.25) is 11.8 Å². The number of carboxylic acid groups (broad SMARTS) is 1. The molecular weight excluding hydrogens is 527 g/mol. The Bertz CT molecular complexity index is 1480. The molecule has 2 unspecified atom stereocenters. The van der Waals surface area contributed by atoms with E-state index in [0.717, 1.165) is 5.56 Å². The number of rotatable bonds is 11. The lowest BCUT2D eigenvalue weighted by Crippen LogP contribution is -2.49. The van der Waals surface area contributed by atoms with Crippen LogP contribution in [-0.2, 0) is 22.6 Å². The quantitative estimate of drug-likeness (QED) is 0.215. The van der Waals surface area contributed by atoms with Crippen molar-refractivity contribution in [3.05, 3.63) is 125 Å². The van der Waals surface area contributed by atoms with Crippen molar-refractivity contribution in [3.63, 3.8) is 0 Å².